The lowest BCUT2D eigenvalue weighted by molar-refractivity contribution is 0.412. The third kappa shape index (κ3) is 2.71. The fourth-order valence-electron chi connectivity index (χ4n) is 2.93. The molecule has 0 aromatic heterocycles. The van der Waals surface area contributed by atoms with Crippen LogP contribution in [0.5, 0.6) is 5.75 Å². The van der Waals surface area contributed by atoms with Gasteiger partial charge in [-0.1, -0.05) is 24.3 Å². The Morgan fingerprint density at radius 3 is 2.71 bits per heavy atom. The maximum absolute atomic E-state index is 8.87. The van der Waals surface area contributed by atoms with Gasteiger partial charge in [-0.05, 0) is 42.2 Å². The summed E-state index contributed by atoms with van der Waals surface area (Å²) >= 11 is 0. The van der Waals surface area contributed by atoms with Crippen LogP contribution < -0.4 is 9.64 Å². The van der Waals surface area contributed by atoms with Crippen molar-refractivity contribution in [1.29, 1.82) is 5.26 Å². The Kier molecular flexibility index (Phi) is 3.79. The summed E-state index contributed by atoms with van der Waals surface area (Å²) in [4.78, 5) is 2.37. The van der Waals surface area contributed by atoms with Crippen molar-refractivity contribution in [1.82, 2.24) is 0 Å². The number of ether oxygens (including phenoxy) is 1. The topological polar surface area (TPSA) is 36.3 Å². The molecule has 0 spiro atoms. The molecule has 21 heavy (non-hydrogen) atoms. The molecule has 1 heterocycles. The van der Waals surface area contributed by atoms with Crippen molar-refractivity contribution in [3.05, 3.63) is 59.2 Å². The van der Waals surface area contributed by atoms with Gasteiger partial charge in [0.2, 0.25) is 0 Å². The van der Waals surface area contributed by atoms with Gasteiger partial charge in [0, 0.05) is 13.1 Å². The van der Waals surface area contributed by atoms with E-state index in [0.717, 1.165) is 31.7 Å². The van der Waals surface area contributed by atoms with Gasteiger partial charge in [0.05, 0.1) is 24.4 Å². The number of para-hydroxylation sites is 1. The summed E-state index contributed by atoms with van der Waals surface area (Å²) < 4.78 is 5.53. The van der Waals surface area contributed by atoms with Crippen molar-refractivity contribution in [3.63, 3.8) is 0 Å². The van der Waals surface area contributed by atoms with Crippen molar-refractivity contribution < 1.29 is 4.74 Å². The molecule has 0 atom stereocenters. The summed E-state index contributed by atoms with van der Waals surface area (Å²) in [6, 6.07) is 16.2. The fraction of sp³-hybridized carbons (Fsp3) is 0.278. The Labute approximate surface area is 125 Å². The largest absolute Gasteiger partial charge is 0.495 e. The zero-order valence-electron chi connectivity index (χ0n) is 12.2. The van der Waals surface area contributed by atoms with Crippen molar-refractivity contribution in [3.8, 4) is 11.8 Å². The number of benzene rings is 2. The molecule has 0 N–H and O–H groups in total. The minimum Gasteiger partial charge on any atom is -0.495 e. The van der Waals surface area contributed by atoms with Crippen LogP contribution in [0.4, 0.5) is 5.69 Å². The average Bonchev–Trinajstić information content (AvgIpc) is 2.55. The lowest BCUT2D eigenvalue weighted by Gasteiger charge is -2.32. The Hall–Kier alpha value is -2.47. The van der Waals surface area contributed by atoms with Crippen LogP contribution in [0.1, 0.15) is 23.1 Å². The monoisotopic (exact) mass is 278 g/mol. The minimum absolute atomic E-state index is 0.704. The van der Waals surface area contributed by atoms with Gasteiger partial charge in [-0.25, -0.2) is 0 Å². The number of hydrogen-bond acceptors (Lipinski definition) is 3. The highest BCUT2D eigenvalue weighted by Crippen LogP contribution is 2.36. The number of fused-ring (bicyclic) bond motifs is 1. The molecular weight excluding hydrogens is 260 g/mol. The number of rotatable bonds is 3. The third-order valence-electron chi connectivity index (χ3n) is 3.95. The molecule has 0 radical (unpaired) electrons. The number of methoxy groups -OCH3 is 1. The van der Waals surface area contributed by atoms with E-state index in [1.54, 1.807) is 7.11 Å². The molecule has 3 heteroatoms. The van der Waals surface area contributed by atoms with Crippen LogP contribution in [0.3, 0.4) is 0 Å². The predicted octanol–water partition coefficient (Wildman–Crippen LogP) is 3.52. The molecule has 0 saturated heterocycles. The van der Waals surface area contributed by atoms with E-state index in [9.17, 15) is 0 Å². The molecule has 1 aliphatic rings. The third-order valence-corrected chi connectivity index (χ3v) is 3.95. The molecule has 0 fully saturated rings. The van der Waals surface area contributed by atoms with Crippen LogP contribution >= 0.6 is 0 Å². The maximum Gasteiger partial charge on any atom is 0.142 e. The quantitative estimate of drug-likeness (QED) is 0.862. The van der Waals surface area contributed by atoms with E-state index in [4.69, 9.17) is 10.00 Å². The lowest BCUT2D eigenvalue weighted by atomic mass is 10.00. The molecule has 3 nitrogen and oxygen atoms in total. The second kappa shape index (κ2) is 5.88. The second-order valence-electron chi connectivity index (χ2n) is 5.30. The average molecular weight is 278 g/mol. The summed E-state index contributed by atoms with van der Waals surface area (Å²) in [5.41, 5.74) is 4.49. The molecule has 1 aliphatic heterocycles. The Morgan fingerprint density at radius 1 is 1.19 bits per heavy atom. The van der Waals surface area contributed by atoms with E-state index in [1.165, 1.54) is 16.8 Å². The van der Waals surface area contributed by atoms with Gasteiger partial charge in [0.25, 0.3) is 0 Å². The molecule has 2 aromatic rings. The van der Waals surface area contributed by atoms with Crippen LogP contribution in [0, 0.1) is 11.3 Å². The van der Waals surface area contributed by atoms with Crippen molar-refractivity contribution in [2.75, 3.05) is 18.6 Å². The summed E-state index contributed by atoms with van der Waals surface area (Å²) in [7, 11) is 1.73. The minimum atomic E-state index is 0.704. The molecule has 0 saturated carbocycles. The number of aryl methyl sites for hydroxylation is 1. The van der Waals surface area contributed by atoms with Gasteiger partial charge in [-0.3, -0.25) is 0 Å². The van der Waals surface area contributed by atoms with E-state index in [2.05, 4.69) is 23.1 Å². The van der Waals surface area contributed by atoms with E-state index < -0.39 is 0 Å². The van der Waals surface area contributed by atoms with Crippen molar-refractivity contribution in [2.24, 2.45) is 0 Å². The molecule has 0 aliphatic carbocycles. The SMILES string of the molecule is COc1cccc2c1N(Cc1ccc(C#N)cc1)CCC2. The van der Waals surface area contributed by atoms with Gasteiger partial charge in [-0.15, -0.1) is 0 Å². The summed E-state index contributed by atoms with van der Waals surface area (Å²) in [6.07, 6.45) is 2.27. The standard InChI is InChI=1S/C18H18N2O/c1-21-17-6-2-4-16-5-3-11-20(18(16)17)13-15-9-7-14(12-19)8-10-15/h2,4,6-10H,3,5,11,13H2,1H3. The van der Waals surface area contributed by atoms with Gasteiger partial charge in [-0.2, -0.15) is 5.26 Å². The number of hydrogen-bond donors (Lipinski definition) is 0. The highest BCUT2D eigenvalue weighted by Gasteiger charge is 2.20. The van der Waals surface area contributed by atoms with E-state index in [-0.39, 0.29) is 0 Å². The first-order valence-electron chi connectivity index (χ1n) is 7.21. The van der Waals surface area contributed by atoms with Crippen LogP contribution in [-0.2, 0) is 13.0 Å². The zero-order chi connectivity index (χ0) is 14.7. The number of anilines is 1. The highest BCUT2D eigenvalue weighted by molar-refractivity contribution is 5.65. The first-order valence-corrected chi connectivity index (χ1v) is 7.21. The lowest BCUT2D eigenvalue weighted by Crippen LogP contribution is -2.29. The fourth-order valence-corrected chi connectivity index (χ4v) is 2.93. The molecule has 0 bridgehead atoms. The van der Waals surface area contributed by atoms with Crippen LogP contribution in [0.25, 0.3) is 0 Å². The van der Waals surface area contributed by atoms with E-state index in [0.29, 0.717) is 5.56 Å². The van der Waals surface area contributed by atoms with Gasteiger partial charge >= 0.3 is 0 Å². The maximum atomic E-state index is 8.87. The second-order valence-corrected chi connectivity index (χ2v) is 5.30. The van der Waals surface area contributed by atoms with Gasteiger partial charge in [0.1, 0.15) is 5.75 Å². The first-order chi connectivity index (χ1) is 10.3. The Bertz CT molecular complexity index is 656. The van der Waals surface area contributed by atoms with Crippen molar-refractivity contribution >= 4 is 5.69 Å². The van der Waals surface area contributed by atoms with Crippen LogP contribution in [0.15, 0.2) is 42.5 Å². The molecule has 3 rings (SSSR count). The zero-order valence-corrected chi connectivity index (χ0v) is 12.2. The molecule has 106 valence electrons. The van der Waals surface area contributed by atoms with Crippen LogP contribution in [-0.4, -0.2) is 13.7 Å². The Morgan fingerprint density at radius 2 is 2.00 bits per heavy atom. The predicted molar refractivity (Wildman–Crippen MR) is 83.5 cm³/mol. The van der Waals surface area contributed by atoms with E-state index in [1.807, 2.05) is 30.3 Å². The smallest absolute Gasteiger partial charge is 0.142 e. The van der Waals surface area contributed by atoms with Crippen molar-refractivity contribution in [2.45, 2.75) is 19.4 Å². The first kappa shape index (κ1) is 13.5. The highest BCUT2D eigenvalue weighted by atomic mass is 16.5. The van der Waals surface area contributed by atoms with Gasteiger partial charge < -0.3 is 9.64 Å². The summed E-state index contributed by atoms with van der Waals surface area (Å²) in [6.45, 7) is 1.88. The number of nitriles is 1. The van der Waals surface area contributed by atoms with E-state index >= 15 is 0 Å². The number of nitrogens with zero attached hydrogens (tertiary/aromatic N) is 2. The normalized spacial score (nSPS) is 13.4. The van der Waals surface area contributed by atoms with Crippen LogP contribution in [0.2, 0.25) is 0 Å². The molecule has 0 unspecified atom stereocenters. The summed E-state index contributed by atoms with van der Waals surface area (Å²) in [5.74, 6) is 0.945. The molecular formula is C18H18N2O. The molecule has 0 amide bonds. The summed E-state index contributed by atoms with van der Waals surface area (Å²) in [5, 5.41) is 8.87. The van der Waals surface area contributed by atoms with Gasteiger partial charge in [0.15, 0.2) is 0 Å². The molecule has 2 aromatic carbocycles. The Balaban J connectivity index is 1.89.